The Morgan fingerprint density at radius 2 is 2.05 bits per heavy atom. The lowest BCUT2D eigenvalue weighted by atomic mass is 10.2. The fraction of sp³-hybridized carbons (Fsp3) is 0.353. The Morgan fingerprint density at radius 1 is 1.14 bits per heavy atom. The molecule has 0 aliphatic carbocycles. The van der Waals surface area contributed by atoms with Gasteiger partial charge in [0.1, 0.15) is 6.61 Å². The third-order valence-corrected chi connectivity index (χ3v) is 3.11. The molecule has 0 spiro atoms. The average Bonchev–Trinajstić information content (AvgIpc) is 2.54. The Hall–Kier alpha value is -2.07. The molecule has 0 atom stereocenters. The smallest absolute Gasteiger partial charge is 0.166 e. The summed E-state index contributed by atoms with van der Waals surface area (Å²) < 4.78 is 11.4. The Bertz CT molecular complexity index is 544. The maximum absolute atomic E-state index is 5.95. The van der Waals surface area contributed by atoms with E-state index in [0.717, 1.165) is 42.3 Å². The molecule has 0 saturated heterocycles. The summed E-state index contributed by atoms with van der Waals surface area (Å²) in [5.74, 6) is 1.54. The molecule has 0 unspecified atom stereocenters. The van der Waals surface area contributed by atoms with E-state index < -0.39 is 0 Å². The van der Waals surface area contributed by atoms with Gasteiger partial charge in [-0.3, -0.25) is 4.98 Å². The summed E-state index contributed by atoms with van der Waals surface area (Å²) in [6.07, 6.45) is 2.87. The molecule has 0 saturated carbocycles. The highest BCUT2D eigenvalue weighted by Crippen LogP contribution is 2.31. The van der Waals surface area contributed by atoms with Crippen molar-refractivity contribution in [2.24, 2.45) is 0 Å². The van der Waals surface area contributed by atoms with Crippen LogP contribution in [0.5, 0.6) is 11.5 Å². The summed E-state index contributed by atoms with van der Waals surface area (Å²) in [5, 5.41) is 3.39. The first-order valence-corrected chi connectivity index (χ1v) is 7.24. The molecule has 0 amide bonds. The first-order valence-electron chi connectivity index (χ1n) is 7.24. The molecular formula is C17H22N2O2. The summed E-state index contributed by atoms with van der Waals surface area (Å²) in [5.41, 5.74) is 2.00. The van der Waals surface area contributed by atoms with Crippen LogP contribution in [0.15, 0.2) is 42.6 Å². The first-order chi connectivity index (χ1) is 10.3. The highest BCUT2D eigenvalue weighted by molar-refractivity contribution is 5.46. The van der Waals surface area contributed by atoms with E-state index in [1.165, 1.54) is 0 Å². The number of pyridine rings is 1. The number of rotatable bonds is 8. The van der Waals surface area contributed by atoms with E-state index in [0.29, 0.717) is 6.61 Å². The van der Waals surface area contributed by atoms with Crippen LogP contribution in [0.4, 0.5) is 0 Å². The lowest BCUT2D eigenvalue weighted by Gasteiger charge is -2.15. The van der Waals surface area contributed by atoms with Crippen molar-refractivity contribution in [3.8, 4) is 11.5 Å². The zero-order valence-corrected chi connectivity index (χ0v) is 12.6. The number of para-hydroxylation sites is 1. The van der Waals surface area contributed by atoms with Crippen LogP contribution in [0.3, 0.4) is 0 Å². The van der Waals surface area contributed by atoms with Gasteiger partial charge in [0.05, 0.1) is 12.8 Å². The Labute approximate surface area is 126 Å². The number of benzene rings is 1. The lowest BCUT2D eigenvalue weighted by molar-refractivity contribution is 0.277. The number of nitrogens with zero attached hydrogens (tertiary/aromatic N) is 1. The van der Waals surface area contributed by atoms with E-state index in [9.17, 15) is 0 Å². The molecule has 0 aliphatic heterocycles. The average molecular weight is 286 g/mol. The van der Waals surface area contributed by atoms with Crippen LogP contribution in [-0.2, 0) is 13.2 Å². The molecule has 0 fully saturated rings. The molecular weight excluding hydrogens is 264 g/mol. The maximum atomic E-state index is 5.95. The van der Waals surface area contributed by atoms with Gasteiger partial charge in [-0.25, -0.2) is 0 Å². The molecule has 1 N–H and O–H groups in total. The molecule has 1 aromatic heterocycles. The summed E-state index contributed by atoms with van der Waals surface area (Å²) in [6, 6.07) is 11.8. The van der Waals surface area contributed by atoms with Crippen molar-refractivity contribution in [2.45, 2.75) is 26.5 Å². The minimum absolute atomic E-state index is 0.433. The van der Waals surface area contributed by atoms with Gasteiger partial charge < -0.3 is 14.8 Å². The minimum atomic E-state index is 0.433. The second-order valence-electron chi connectivity index (χ2n) is 4.74. The lowest BCUT2D eigenvalue weighted by Crippen LogP contribution is -2.15. The number of ether oxygens (including phenoxy) is 2. The number of hydrogen-bond acceptors (Lipinski definition) is 4. The van der Waals surface area contributed by atoms with Gasteiger partial charge in [0.15, 0.2) is 11.5 Å². The molecule has 2 rings (SSSR count). The molecule has 1 aromatic carbocycles. The summed E-state index contributed by atoms with van der Waals surface area (Å²) in [4.78, 5) is 4.27. The molecule has 112 valence electrons. The van der Waals surface area contributed by atoms with Crippen molar-refractivity contribution < 1.29 is 9.47 Å². The summed E-state index contributed by atoms with van der Waals surface area (Å²) in [6.45, 7) is 4.33. The Morgan fingerprint density at radius 3 is 2.76 bits per heavy atom. The quantitative estimate of drug-likeness (QED) is 0.757. The van der Waals surface area contributed by atoms with E-state index >= 15 is 0 Å². The van der Waals surface area contributed by atoms with Crippen LogP contribution in [0.1, 0.15) is 24.6 Å². The third-order valence-electron chi connectivity index (χ3n) is 3.11. The molecule has 1 heterocycles. The minimum Gasteiger partial charge on any atom is -0.493 e. The predicted octanol–water partition coefficient (Wildman–Crippen LogP) is 3.17. The number of methoxy groups -OCH3 is 1. The standard InChI is InChI=1S/C17H22N2O2/c1-3-10-18-12-14-7-6-9-16(20-2)17(14)21-13-15-8-4-5-11-19-15/h4-9,11,18H,3,10,12-13H2,1-2H3. The largest absolute Gasteiger partial charge is 0.493 e. The normalized spacial score (nSPS) is 10.4. The Balaban J connectivity index is 2.11. The SMILES string of the molecule is CCCNCc1cccc(OC)c1OCc1ccccn1. The summed E-state index contributed by atoms with van der Waals surface area (Å²) in [7, 11) is 1.66. The van der Waals surface area contributed by atoms with Crippen molar-refractivity contribution in [1.82, 2.24) is 10.3 Å². The molecule has 0 bridgehead atoms. The summed E-state index contributed by atoms with van der Waals surface area (Å²) >= 11 is 0. The van der Waals surface area contributed by atoms with Gasteiger partial charge in [-0.1, -0.05) is 25.1 Å². The molecule has 2 aromatic rings. The van der Waals surface area contributed by atoms with Crippen LogP contribution in [-0.4, -0.2) is 18.6 Å². The van der Waals surface area contributed by atoms with Gasteiger partial charge in [0.25, 0.3) is 0 Å². The number of hydrogen-bond donors (Lipinski definition) is 1. The Kier molecular flexibility index (Phi) is 6.03. The van der Waals surface area contributed by atoms with Crippen molar-refractivity contribution in [3.05, 3.63) is 53.9 Å². The van der Waals surface area contributed by atoms with E-state index in [-0.39, 0.29) is 0 Å². The van der Waals surface area contributed by atoms with Crippen molar-refractivity contribution in [1.29, 1.82) is 0 Å². The van der Waals surface area contributed by atoms with E-state index in [1.807, 2.05) is 30.3 Å². The second kappa shape index (κ2) is 8.27. The highest BCUT2D eigenvalue weighted by atomic mass is 16.5. The van der Waals surface area contributed by atoms with Crippen LogP contribution in [0, 0.1) is 0 Å². The van der Waals surface area contributed by atoms with Gasteiger partial charge in [-0.15, -0.1) is 0 Å². The van der Waals surface area contributed by atoms with Gasteiger partial charge in [0, 0.05) is 18.3 Å². The van der Waals surface area contributed by atoms with E-state index in [1.54, 1.807) is 13.3 Å². The zero-order chi connectivity index (χ0) is 14.9. The highest BCUT2D eigenvalue weighted by Gasteiger charge is 2.10. The topological polar surface area (TPSA) is 43.4 Å². The van der Waals surface area contributed by atoms with Gasteiger partial charge in [-0.05, 0) is 31.2 Å². The fourth-order valence-electron chi connectivity index (χ4n) is 2.05. The molecule has 4 heteroatoms. The van der Waals surface area contributed by atoms with Crippen molar-refractivity contribution in [2.75, 3.05) is 13.7 Å². The maximum Gasteiger partial charge on any atom is 0.166 e. The van der Waals surface area contributed by atoms with Crippen molar-refractivity contribution >= 4 is 0 Å². The van der Waals surface area contributed by atoms with E-state index in [4.69, 9.17) is 9.47 Å². The van der Waals surface area contributed by atoms with E-state index in [2.05, 4.69) is 23.3 Å². The van der Waals surface area contributed by atoms with Gasteiger partial charge >= 0.3 is 0 Å². The van der Waals surface area contributed by atoms with Crippen LogP contribution in [0.2, 0.25) is 0 Å². The van der Waals surface area contributed by atoms with Crippen molar-refractivity contribution in [3.63, 3.8) is 0 Å². The predicted molar refractivity (Wildman–Crippen MR) is 83.6 cm³/mol. The second-order valence-corrected chi connectivity index (χ2v) is 4.74. The number of nitrogens with one attached hydrogen (secondary N) is 1. The molecule has 21 heavy (non-hydrogen) atoms. The van der Waals surface area contributed by atoms with Gasteiger partial charge in [-0.2, -0.15) is 0 Å². The van der Waals surface area contributed by atoms with Crippen LogP contribution < -0.4 is 14.8 Å². The van der Waals surface area contributed by atoms with Gasteiger partial charge in [0.2, 0.25) is 0 Å². The van der Waals surface area contributed by atoms with Crippen LogP contribution in [0.25, 0.3) is 0 Å². The number of aromatic nitrogens is 1. The zero-order valence-electron chi connectivity index (χ0n) is 12.6. The first kappa shape index (κ1) is 15.3. The monoisotopic (exact) mass is 286 g/mol. The fourth-order valence-corrected chi connectivity index (χ4v) is 2.05. The molecule has 0 aliphatic rings. The van der Waals surface area contributed by atoms with Crippen LogP contribution >= 0.6 is 0 Å². The third kappa shape index (κ3) is 4.46. The molecule has 4 nitrogen and oxygen atoms in total. The molecule has 0 radical (unpaired) electrons.